The quantitative estimate of drug-likeness (QED) is 0.370. The second-order valence-corrected chi connectivity index (χ2v) is 13.2. The Bertz CT molecular complexity index is 1360. The molecular formula is C33H42F2N2O6. The van der Waals surface area contributed by atoms with Crippen molar-refractivity contribution in [1.82, 2.24) is 4.90 Å². The molecule has 2 aromatic carbocycles. The zero-order chi connectivity index (χ0) is 31.7. The van der Waals surface area contributed by atoms with Crippen LogP contribution >= 0.6 is 0 Å². The number of benzene rings is 2. The molecule has 0 aromatic heterocycles. The fraction of sp³-hybridized carbons (Fsp3) is 0.545. The van der Waals surface area contributed by atoms with Gasteiger partial charge in [-0.3, -0.25) is 14.4 Å². The predicted octanol–water partition coefficient (Wildman–Crippen LogP) is 5.72. The highest BCUT2D eigenvalue weighted by Crippen LogP contribution is 2.41. The third-order valence-electron chi connectivity index (χ3n) is 8.06. The van der Waals surface area contributed by atoms with E-state index in [4.69, 9.17) is 14.2 Å². The maximum Gasteiger partial charge on any atom is 0.306 e. The number of nitrogens with one attached hydrogen (secondary N) is 1. The molecule has 43 heavy (non-hydrogen) atoms. The molecule has 2 aliphatic rings. The van der Waals surface area contributed by atoms with Gasteiger partial charge in [-0.1, -0.05) is 19.9 Å². The number of hydrogen-bond acceptors (Lipinski definition) is 6. The number of amides is 2. The number of ether oxygens (including phenoxy) is 3. The molecule has 234 valence electrons. The van der Waals surface area contributed by atoms with E-state index in [1.165, 1.54) is 7.11 Å². The lowest BCUT2D eigenvalue weighted by Crippen LogP contribution is -2.50. The molecule has 1 fully saturated rings. The van der Waals surface area contributed by atoms with Crippen molar-refractivity contribution in [3.05, 3.63) is 58.7 Å². The summed E-state index contributed by atoms with van der Waals surface area (Å²) in [6.07, 6.45) is 1.80. The molecule has 2 amide bonds. The summed E-state index contributed by atoms with van der Waals surface area (Å²) in [7, 11) is 3.01. The fourth-order valence-corrected chi connectivity index (χ4v) is 6.14. The lowest BCUT2D eigenvalue weighted by Gasteiger charge is -2.42. The van der Waals surface area contributed by atoms with E-state index in [1.54, 1.807) is 38.0 Å². The Labute approximate surface area is 252 Å². The Balaban J connectivity index is 1.55. The van der Waals surface area contributed by atoms with Gasteiger partial charge in [0.15, 0.2) is 0 Å². The zero-order valence-corrected chi connectivity index (χ0v) is 26.0. The molecular weight excluding hydrogens is 558 g/mol. The first kappa shape index (κ1) is 32.4. The largest absolute Gasteiger partial charge is 0.497 e. The van der Waals surface area contributed by atoms with Crippen LogP contribution < -0.4 is 10.1 Å². The van der Waals surface area contributed by atoms with Crippen LogP contribution in [0.2, 0.25) is 0 Å². The summed E-state index contributed by atoms with van der Waals surface area (Å²) in [5.41, 5.74) is -0.209. The van der Waals surface area contributed by atoms with Crippen LogP contribution in [0.1, 0.15) is 76.6 Å². The molecule has 1 aliphatic heterocycles. The third kappa shape index (κ3) is 7.34. The second kappa shape index (κ2) is 12.6. The van der Waals surface area contributed by atoms with Gasteiger partial charge in [0.25, 0.3) is 5.91 Å². The van der Waals surface area contributed by atoms with Gasteiger partial charge in [0.05, 0.1) is 13.7 Å². The summed E-state index contributed by atoms with van der Waals surface area (Å²) < 4.78 is 46.2. The Kier molecular flexibility index (Phi) is 9.49. The van der Waals surface area contributed by atoms with E-state index in [0.717, 1.165) is 17.7 Å². The molecule has 1 atom stereocenters. The number of nitrogens with zero attached hydrogens (tertiary/aromatic N) is 1. The molecule has 0 radical (unpaired) electrons. The third-order valence-corrected chi connectivity index (χ3v) is 8.06. The fourth-order valence-electron chi connectivity index (χ4n) is 6.14. The van der Waals surface area contributed by atoms with Crippen LogP contribution in [0.4, 0.5) is 14.5 Å². The maximum absolute atomic E-state index is 15.2. The van der Waals surface area contributed by atoms with Gasteiger partial charge in [-0.15, -0.1) is 0 Å². The molecule has 1 aliphatic carbocycles. The summed E-state index contributed by atoms with van der Waals surface area (Å²) in [4.78, 5) is 41.4. The monoisotopic (exact) mass is 600 g/mol. The van der Waals surface area contributed by atoms with Crippen molar-refractivity contribution in [3.63, 3.8) is 0 Å². The van der Waals surface area contributed by atoms with Gasteiger partial charge in [-0.2, -0.15) is 0 Å². The summed E-state index contributed by atoms with van der Waals surface area (Å²) in [5.74, 6) is -2.33. The molecule has 1 saturated carbocycles. The molecule has 0 bridgehead atoms. The van der Waals surface area contributed by atoms with Crippen LogP contribution in [-0.2, 0) is 35.7 Å². The van der Waals surface area contributed by atoms with Gasteiger partial charge in [0, 0.05) is 42.7 Å². The lowest BCUT2D eigenvalue weighted by molar-refractivity contribution is -0.159. The highest BCUT2D eigenvalue weighted by molar-refractivity contribution is 5.99. The normalized spacial score (nSPS) is 20.1. The first-order valence-corrected chi connectivity index (χ1v) is 14.6. The number of fused-ring (bicyclic) bond motifs is 1. The summed E-state index contributed by atoms with van der Waals surface area (Å²) in [6.45, 7) is 9.17. The maximum atomic E-state index is 15.2. The molecule has 2 aromatic rings. The van der Waals surface area contributed by atoms with Crippen molar-refractivity contribution in [2.24, 2.45) is 11.8 Å². The van der Waals surface area contributed by atoms with Crippen molar-refractivity contribution in [2.45, 2.75) is 77.4 Å². The minimum atomic E-state index is -1.01. The van der Waals surface area contributed by atoms with Gasteiger partial charge in [0.1, 0.15) is 29.0 Å². The number of hydrogen-bond donors (Lipinski definition) is 1. The summed E-state index contributed by atoms with van der Waals surface area (Å²) in [6, 6.07) is 6.47. The topological polar surface area (TPSA) is 94.2 Å². The minimum absolute atomic E-state index is 0.0317. The number of anilines is 1. The van der Waals surface area contributed by atoms with E-state index < -0.39 is 34.6 Å². The van der Waals surface area contributed by atoms with Gasteiger partial charge in [-0.05, 0) is 81.3 Å². The number of methoxy groups -OCH3 is 2. The average molecular weight is 601 g/mol. The van der Waals surface area contributed by atoms with Crippen LogP contribution in [0, 0.1) is 23.5 Å². The number of rotatable bonds is 9. The predicted molar refractivity (Wildman–Crippen MR) is 158 cm³/mol. The van der Waals surface area contributed by atoms with E-state index in [-0.39, 0.29) is 54.5 Å². The molecule has 8 nitrogen and oxygen atoms in total. The minimum Gasteiger partial charge on any atom is -0.497 e. The Morgan fingerprint density at radius 2 is 1.65 bits per heavy atom. The van der Waals surface area contributed by atoms with Crippen LogP contribution in [0.5, 0.6) is 5.75 Å². The van der Waals surface area contributed by atoms with Gasteiger partial charge < -0.3 is 24.4 Å². The van der Waals surface area contributed by atoms with Gasteiger partial charge in [-0.25, -0.2) is 8.78 Å². The Morgan fingerprint density at radius 1 is 1.00 bits per heavy atom. The van der Waals surface area contributed by atoms with Crippen LogP contribution in [0.3, 0.4) is 0 Å². The number of carbonyl (C=O) groups is 3. The number of halogens is 2. The molecule has 0 unspecified atom stereocenters. The second-order valence-electron chi connectivity index (χ2n) is 13.2. The summed E-state index contributed by atoms with van der Waals surface area (Å²) >= 11 is 0. The Hall–Kier alpha value is -3.53. The summed E-state index contributed by atoms with van der Waals surface area (Å²) in [5, 5.41) is 2.65. The van der Waals surface area contributed by atoms with Crippen LogP contribution in [-0.4, -0.2) is 55.7 Å². The Morgan fingerprint density at radius 3 is 2.23 bits per heavy atom. The van der Waals surface area contributed by atoms with Crippen molar-refractivity contribution >= 4 is 23.5 Å². The molecule has 10 heteroatoms. The molecule has 1 heterocycles. The van der Waals surface area contributed by atoms with E-state index in [9.17, 15) is 14.4 Å². The number of esters is 1. The van der Waals surface area contributed by atoms with E-state index in [0.29, 0.717) is 30.6 Å². The molecule has 0 spiro atoms. The highest BCUT2D eigenvalue weighted by atomic mass is 19.1. The van der Waals surface area contributed by atoms with Crippen molar-refractivity contribution in [1.29, 1.82) is 0 Å². The molecule has 0 saturated heterocycles. The average Bonchev–Trinajstić information content (AvgIpc) is 2.87. The standard InChI is InChI=1S/C33H42F2N2O6/c1-32(2,3)43-27(38)14-19-12-21(13-19)31(40)37-11-10-20-15-23(42-7)8-9-24(20)29(37)30(39)36-22-16-25(34)28(26(35)17-22)33(4,5)18-41-6/h8-9,15-17,19,21,29H,10-14,18H2,1-7H3,(H,36,39)/t19-,21+,29-/m1/s1. The number of carbonyl (C=O) groups excluding carboxylic acids is 3. The van der Waals surface area contributed by atoms with Crippen molar-refractivity contribution in [3.8, 4) is 5.75 Å². The molecule has 1 N–H and O–H groups in total. The van der Waals surface area contributed by atoms with E-state index in [2.05, 4.69) is 5.32 Å². The SMILES string of the molecule is COCC(C)(C)c1c(F)cc(NC(=O)[C@H]2c3ccc(OC)cc3CCN2C(=O)[C@H]2C[C@@H](CC(=O)OC(C)(C)C)C2)cc1F. The highest BCUT2D eigenvalue weighted by Gasteiger charge is 2.43. The van der Waals surface area contributed by atoms with Gasteiger partial charge >= 0.3 is 5.97 Å². The first-order chi connectivity index (χ1) is 20.1. The van der Waals surface area contributed by atoms with Gasteiger partial charge in [0.2, 0.25) is 5.91 Å². The van der Waals surface area contributed by atoms with Crippen LogP contribution in [0.15, 0.2) is 30.3 Å². The molecule has 4 rings (SSSR count). The van der Waals surface area contributed by atoms with Crippen LogP contribution in [0.25, 0.3) is 0 Å². The van der Waals surface area contributed by atoms with Crippen molar-refractivity contribution < 1.29 is 37.4 Å². The van der Waals surface area contributed by atoms with E-state index in [1.807, 2.05) is 26.8 Å². The van der Waals surface area contributed by atoms with Crippen molar-refractivity contribution in [2.75, 3.05) is 32.7 Å². The van der Waals surface area contributed by atoms with E-state index >= 15 is 8.78 Å². The lowest BCUT2D eigenvalue weighted by atomic mass is 9.72. The zero-order valence-electron chi connectivity index (χ0n) is 26.0. The first-order valence-electron chi connectivity index (χ1n) is 14.6. The smallest absolute Gasteiger partial charge is 0.306 e.